The first-order chi connectivity index (χ1) is 8.59. The van der Waals surface area contributed by atoms with Gasteiger partial charge in [0.15, 0.2) is 0 Å². The lowest BCUT2D eigenvalue weighted by Gasteiger charge is -2.40. The van der Waals surface area contributed by atoms with Gasteiger partial charge in [0, 0.05) is 12.1 Å². The third-order valence-electron chi connectivity index (χ3n) is 4.09. The first-order valence-electron chi connectivity index (χ1n) is 6.77. The number of piperidine rings is 1. The van der Waals surface area contributed by atoms with Gasteiger partial charge in [-0.3, -0.25) is 4.90 Å². The molecule has 18 heavy (non-hydrogen) atoms. The fourth-order valence-corrected chi connectivity index (χ4v) is 3.67. The van der Waals surface area contributed by atoms with Crippen LogP contribution in [0.1, 0.15) is 31.4 Å². The second-order valence-corrected chi connectivity index (χ2v) is 6.34. The standard InChI is InChI=1S/C14H25N3S/c1-11(15)14(12-6-9-18-10-12)17(3)13-4-7-16(2)8-5-13/h6,9-11,13-14H,4-5,7-8,15H2,1-3H3. The summed E-state index contributed by atoms with van der Waals surface area (Å²) < 4.78 is 0. The van der Waals surface area contributed by atoms with Crippen molar-refractivity contribution in [1.82, 2.24) is 9.80 Å². The molecule has 0 spiro atoms. The zero-order valence-corrected chi connectivity index (χ0v) is 12.5. The molecular weight excluding hydrogens is 242 g/mol. The van der Waals surface area contributed by atoms with E-state index in [2.05, 4.69) is 47.6 Å². The van der Waals surface area contributed by atoms with Crippen LogP contribution in [-0.4, -0.2) is 49.1 Å². The van der Waals surface area contributed by atoms with Crippen molar-refractivity contribution in [3.8, 4) is 0 Å². The Balaban J connectivity index is 2.07. The first-order valence-corrected chi connectivity index (χ1v) is 7.72. The zero-order valence-electron chi connectivity index (χ0n) is 11.7. The third kappa shape index (κ3) is 3.12. The summed E-state index contributed by atoms with van der Waals surface area (Å²) in [6.07, 6.45) is 2.50. The number of likely N-dealkylation sites (tertiary alicyclic amines) is 1. The van der Waals surface area contributed by atoms with Gasteiger partial charge in [0.05, 0.1) is 6.04 Å². The molecule has 2 N–H and O–H groups in total. The highest BCUT2D eigenvalue weighted by Crippen LogP contribution is 2.29. The van der Waals surface area contributed by atoms with Crippen molar-refractivity contribution in [1.29, 1.82) is 0 Å². The molecule has 1 saturated heterocycles. The smallest absolute Gasteiger partial charge is 0.0504 e. The van der Waals surface area contributed by atoms with Crippen LogP contribution in [-0.2, 0) is 0 Å². The largest absolute Gasteiger partial charge is 0.326 e. The van der Waals surface area contributed by atoms with Crippen LogP contribution in [0.15, 0.2) is 16.8 Å². The van der Waals surface area contributed by atoms with Crippen LogP contribution in [0.2, 0.25) is 0 Å². The van der Waals surface area contributed by atoms with E-state index in [4.69, 9.17) is 5.73 Å². The summed E-state index contributed by atoms with van der Waals surface area (Å²) in [6.45, 7) is 4.52. The van der Waals surface area contributed by atoms with Gasteiger partial charge in [0.25, 0.3) is 0 Å². The van der Waals surface area contributed by atoms with E-state index in [1.165, 1.54) is 31.5 Å². The van der Waals surface area contributed by atoms with Crippen LogP contribution in [0.25, 0.3) is 0 Å². The predicted octanol–water partition coefficient (Wildman–Crippen LogP) is 2.16. The summed E-state index contributed by atoms with van der Waals surface area (Å²) in [5, 5.41) is 4.38. The Kier molecular flexibility index (Phi) is 4.78. The molecule has 1 fully saturated rings. The summed E-state index contributed by atoms with van der Waals surface area (Å²) in [7, 11) is 4.44. The number of likely N-dealkylation sites (N-methyl/N-ethyl adjacent to an activating group) is 1. The second-order valence-electron chi connectivity index (χ2n) is 5.56. The molecule has 2 atom stereocenters. The average molecular weight is 267 g/mol. The Morgan fingerprint density at radius 3 is 2.61 bits per heavy atom. The number of rotatable bonds is 4. The van der Waals surface area contributed by atoms with Crippen LogP contribution >= 0.6 is 11.3 Å². The van der Waals surface area contributed by atoms with Gasteiger partial charge in [0.2, 0.25) is 0 Å². The van der Waals surface area contributed by atoms with Crippen molar-refractivity contribution in [2.45, 2.75) is 37.9 Å². The average Bonchev–Trinajstić information content (AvgIpc) is 2.83. The Bertz CT molecular complexity index is 342. The lowest BCUT2D eigenvalue weighted by molar-refractivity contribution is 0.0971. The highest BCUT2D eigenvalue weighted by molar-refractivity contribution is 7.07. The number of nitrogens with two attached hydrogens (primary N) is 1. The molecule has 3 nitrogen and oxygen atoms in total. The van der Waals surface area contributed by atoms with Gasteiger partial charge >= 0.3 is 0 Å². The lowest BCUT2D eigenvalue weighted by atomic mass is 9.96. The molecule has 0 aromatic carbocycles. The van der Waals surface area contributed by atoms with Gasteiger partial charge in [-0.2, -0.15) is 11.3 Å². The van der Waals surface area contributed by atoms with Crippen LogP contribution < -0.4 is 5.73 Å². The van der Waals surface area contributed by atoms with Crippen molar-refractivity contribution in [3.63, 3.8) is 0 Å². The Labute approximate surface area is 115 Å². The summed E-state index contributed by atoms with van der Waals surface area (Å²) >= 11 is 1.76. The molecule has 4 heteroatoms. The third-order valence-corrected chi connectivity index (χ3v) is 4.79. The van der Waals surface area contributed by atoms with Gasteiger partial charge in [-0.05, 0) is 69.3 Å². The van der Waals surface area contributed by atoms with E-state index >= 15 is 0 Å². The minimum absolute atomic E-state index is 0.171. The fraction of sp³-hybridized carbons (Fsp3) is 0.714. The Morgan fingerprint density at radius 2 is 2.11 bits per heavy atom. The summed E-state index contributed by atoms with van der Waals surface area (Å²) in [4.78, 5) is 4.91. The molecule has 1 aromatic heterocycles. The van der Waals surface area contributed by atoms with Crippen LogP contribution in [0.3, 0.4) is 0 Å². The van der Waals surface area contributed by atoms with Crippen molar-refractivity contribution < 1.29 is 0 Å². The Morgan fingerprint density at radius 1 is 1.44 bits per heavy atom. The van der Waals surface area contributed by atoms with Gasteiger partial charge in [-0.1, -0.05) is 0 Å². The SMILES string of the molecule is CC(N)C(c1ccsc1)N(C)C1CCN(C)CC1. The Hall–Kier alpha value is -0.420. The van der Waals surface area contributed by atoms with Crippen LogP contribution in [0.4, 0.5) is 0 Å². The molecule has 2 unspecified atom stereocenters. The molecule has 102 valence electrons. The van der Waals surface area contributed by atoms with Crippen molar-refractivity contribution in [2.75, 3.05) is 27.2 Å². The first kappa shape index (κ1) is 14.0. The maximum atomic E-state index is 6.22. The maximum absolute atomic E-state index is 6.22. The molecule has 1 aliphatic heterocycles. The topological polar surface area (TPSA) is 32.5 Å². The van der Waals surface area contributed by atoms with E-state index < -0.39 is 0 Å². The monoisotopic (exact) mass is 267 g/mol. The molecule has 2 rings (SSSR count). The van der Waals surface area contributed by atoms with E-state index in [0.29, 0.717) is 12.1 Å². The maximum Gasteiger partial charge on any atom is 0.0504 e. The summed E-state index contributed by atoms with van der Waals surface area (Å²) in [5.41, 5.74) is 7.59. The molecular formula is C14H25N3S. The van der Waals surface area contributed by atoms with Gasteiger partial charge in [-0.25, -0.2) is 0 Å². The quantitative estimate of drug-likeness (QED) is 0.907. The van der Waals surface area contributed by atoms with Gasteiger partial charge in [-0.15, -0.1) is 0 Å². The summed E-state index contributed by atoms with van der Waals surface area (Å²) in [6, 6.07) is 3.40. The molecule has 0 bridgehead atoms. The number of nitrogens with zero attached hydrogens (tertiary/aromatic N) is 2. The predicted molar refractivity (Wildman–Crippen MR) is 79.0 cm³/mol. The van der Waals surface area contributed by atoms with E-state index in [0.717, 1.165) is 0 Å². The normalized spacial score (nSPS) is 22.3. The van der Waals surface area contributed by atoms with E-state index in [-0.39, 0.29) is 6.04 Å². The van der Waals surface area contributed by atoms with E-state index in [1.54, 1.807) is 11.3 Å². The van der Waals surface area contributed by atoms with E-state index in [9.17, 15) is 0 Å². The van der Waals surface area contributed by atoms with Crippen molar-refractivity contribution >= 4 is 11.3 Å². The molecule has 1 aromatic rings. The molecule has 0 saturated carbocycles. The van der Waals surface area contributed by atoms with Gasteiger partial charge in [0.1, 0.15) is 0 Å². The molecule has 0 aliphatic carbocycles. The molecule has 2 heterocycles. The minimum Gasteiger partial charge on any atom is -0.326 e. The van der Waals surface area contributed by atoms with Crippen LogP contribution in [0, 0.1) is 0 Å². The second kappa shape index (κ2) is 6.15. The molecule has 1 aliphatic rings. The van der Waals surface area contributed by atoms with E-state index in [1.807, 2.05) is 0 Å². The lowest BCUT2D eigenvalue weighted by Crippen LogP contribution is -2.47. The molecule has 0 radical (unpaired) electrons. The van der Waals surface area contributed by atoms with Gasteiger partial charge < -0.3 is 10.6 Å². The fourth-order valence-electron chi connectivity index (χ4n) is 2.98. The summed E-state index contributed by atoms with van der Waals surface area (Å²) in [5.74, 6) is 0. The van der Waals surface area contributed by atoms with Crippen molar-refractivity contribution in [2.24, 2.45) is 5.73 Å². The van der Waals surface area contributed by atoms with Crippen LogP contribution in [0.5, 0.6) is 0 Å². The van der Waals surface area contributed by atoms with Crippen molar-refractivity contribution in [3.05, 3.63) is 22.4 Å². The minimum atomic E-state index is 0.171. The molecule has 0 amide bonds. The highest BCUT2D eigenvalue weighted by Gasteiger charge is 2.29. The highest BCUT2D eigenvalue weighted by atomic mass is 32.1. The number of thiophene rings is 1. The number of hydrogen-bond acceptors (Lipinski definition) is 4. The zero-order chi connectivity index (χ0) is 13.1. The number of hydrogen-bond donors (Lipinski definition) is 1.